The third-order valence-corrected chi connectivity index (χ3v) is 4.71. The minimum Gasteiger partial charge on any atom is -0.360 e. The van der Waals surface area contributed by atoms with Gasteiger partial charge in [0.05, 0.1) is 10.9 Å². The Labute approximate surface area is 143 Å². The number of aromatic nitrogens is 1. The molecule has 0 N–H and O–H groups in total. The number of carbonyl (C=O) groups excluding carboxylic acids is 1. The van der Waals surface area contributed by atoms with Crippen LogP contribution in [-0.2, 0) is 6.54 Å². The highest BCUT2D eigenvalue weighted by atomic mass is 35.5. The number of aryl methyl sites for hydroxylation is 1. The van der Waals surface area contributed by atoms with Crippen LogP contribution < -0.4 is 0 Å². The molecule has 0 saturated carbocycles. The van der Waals surface area contributed by atoms with Crippen molar-refractivity contribution in [1.82, 2.24) is 10.1 Å². The highest BCUT2D eigenvalue weighted by molar-refractivity contribution is 7.16. The smallest absolute Gasteiger partial charge is 0.259 e. The molecule has 0 aliphatic carbocycles. The van der Waals surface area contributed by atoms with Crippen molar-refractivity contribution in [2.24, 2.45) is 0 Å². The van der Waals surface area contributed by atoms with Gasteiger partial charge in [-0.15, -0.1) is 11.3 Å². The first-order valence-electron chi connectivity index (χ1n) is 7.07. The van der Waals surface area contributed by atoms with Crippen LogP contribution in [-0.4, -0.2) is 23.0 Å². The fraction of sp³-hybridized carbons (Fsp3) is 0.176. The van der Waals surface area contributed by atoms with Gasteiger partial charge >= 0.3 is 0 Å². The summed E-state index contributed by atoms with van der Waals surface area (Å²) in [5, 5.41) is 4.06. The van der Waals surface area contributed by atoms with Crippen molar-refractivity contribution >= 4 is 28.8 Å². The van der Waals surface area contributed by atoms with Crippen LogP contribution in [0.15, 0.2) is 47.0 Å². The minimum absolute atomic E-state index is 0.118. The average molecular weight is 347 g/mol. The number of nitrogens with zero attached hydrogens (tertiary/aromatic N) is 2. The second kappa shape index (κ2) is 6.56. The zero-order chi connectivity index (χ0) is 16.4. The first-order valence-corrected chi connectivity index (χ1v) is 8.27. The lowest BCUT2D eigenvalue weighted by Crippen LogP contribution is -2.26. The molecule has 3 rings (SSSR count). The third-order valence-electron chi connectivity index (χ3n) is 3.49. The molecule has 3 aromatic rings. The maximum atomic E-state index is 12.8. The Morgan fingerprint density at radius 1 is 1.26 bits per heavy atom. The molecular formula is C17H15ClN2O2S. The summed E-state index contributed by atoms with van der Waals surface area (Å²) in [5.74, 6) is 0.400. The summed E-state index contributed by atoms with van der Waals surface area (Å²) in [5.41, 5.74) is 1.94. The monoisotopic (exact) mass is 346 g/mol. The molecule has 23 heavy (non-hydrogen) atoms. The largest absolute Gasteiger partial charge is 0.360 e. The van der Waals surface area contributed by atoms with E-state index in [1.807, 2.05) is 42.5 Å². The molecule has 4 nitrogen and oxygen atoms in total. The van der Waals surface area contributed by atoms with E-state index >= 15 is 0 Å². The molecule has 0 fully saturated rings. The normalized spacial score (nSPS) is 10.7. The van der Waals surface area contributed by atoms with Gasteiger partial charge in [0.15, 0.2) is 0 Å². The molecule has 0 aliphatic rings. The van der Waals surface area contributed by atoms with Crippen molar-refractivity contribution in [3.63, 3.8) is 0 Å². The van der Waals surface area contributed by atoms with Crippen molar-refractivity contribution in [3.8, 4) is 11.3 Å². The molecule has 2 aromatic heterocycles. The van der Waals surface area contributed by atoms with E-state index in [-0.39, 0.29) is 5.91 Å². The van der Waals surface area contributed by atoms with E-state index < -0.39 is 0 Å². The molecule has 1 aromatic carbocycles. The van der Waals surface area contributed by atoms with Crippen LogP contribution in [0.3, 0.4) is 0 Å². The number of rotatable bonds is 4. The molecule has 0 saturated heterocycles. The van der Waals surface area contributed by atoms with E-state index in [2.05, 4.69) is 5.16 Å². The van der Waals surface area contributed by atoms with Gasteiger partial charge in [-0.3, -0.25) is 4.79 Å². The van der Waals surface area contributed by atoms with Gasteiger partial charge in [0.25, 0.3) is 5.91 Å². The van der Waals surface area contributed by atoms with Gasteiger partial charge in [-0.25, -0.2) is 0 Å². The third kappa shape index (κ3) is 3.30. The lowest BCUT2D eigenvalue weighted by molar-refractivity contribution is 0.0785. The molecule has 118 valence electrons. The summed E-state index contributed by atoms with van der Waals surface area (Å²) >= 11 is 7.41. The zero-order valence-corrected chi connectivity index (χ0v) is 14.3. The summed E-state index contributed by atoms with van der Waals surface area (Å²) in [7, 11) is 1.76. The number of carbonyl (C=O) groups is 1. The molecule has 6 heteroatoms. The average Bonchev–Trinajstić information content (AvgIpc) is 3.13. The van der Waals surface area contributed by atoms with Crippen LogP contribution >= 0.6 is 22.9 Å². The van der Waals surface area contributed by atoms with E-state index in [0.717, 1.165) is 10.4 Å². The lowest BCUT2D eigenvalue weighted by Gasteiger charge is -2.16. The highest BCUT2D eigenvalue weighted by Gasteiger charge is 2.24. The van der Waals surface area contributed by atoms with Crippen molar-refractivity contribution in [1.29, 1.82) is 0 Å². The molecule has 0 atom stereocenters. The van der Waals surface area contributed by atoms with Crippen LogP contribution in [0.5, 0.6) is 0 Å². The molecule has 0 bridgehead atoms. The molecule has 0 unspecified atom stereocenters. The number of thiophene rings is 1. The van der Waals surface area contributed by atoms with Gasteiger partial charge in [0.2, 0.25) is 0 Å². The standard InChI is InChI=1S/C17H15ClN2O2S/c1-11-15(16(19-22-11)12-6-4-3-5-7-12)17(21)20(2)10-13-8-9-14(18)23-13/h3-9H,10H2,1-2H3. The Morgan fingerprint density at radius 3 is 2.65 bits per heavy atom. The predicted molar refractivity (Wildman–Crippen MR) is 91.8 cm³/mol. The van der Waals surface area contributed by atoms with Gasteiger partial charge in [-0.2, -0.15) is 0 Å². The quantitative estimate of drug-likeness (QED) is 0.691. The van der Waals surface area contributed by atoms with Crippen LogP contribution in [0.25, 0.3) is 11.3 Å². The van der Waals surface area contributed by atoms with Gasteiger partial charge < -0.3 is 9.42 Å². The Morgan fingerprint density at radius 2 is 2.00 bits per heavy atom. The summed E-state index contributed by atoms with van der Waals surface area (Å²) in [4.78, 5) is 15.5. The van der Waals surface area contributed by atoms with Gasteiger partial charge in [0, 0.05) is 17.5 Å². The van der Waals surface area contributed by atoms with E-state index in [1.54, 1.807) is 18.9 Å². The number of hydrogen-bond donors (Lipinski definition) is 0. The first kappa shape index (κ1) is 15.8. The van der Waals surface area contributed by atoms with Crippen LogP contribution in [0.2, 0.25) is 4.34 Å². The molecule has 0 spiro atoms. The Balaban J connectivity index is 1.89. The molecule has 0 radical (unpaired) electrons. The summed E-state index contributed by atoms with van der Waals surface area (Å²) in [6.45, 7) is 2.25. The lowest BCUT2D eigenvalue weighted by atomic mass is 10.1. The zero-order valence-electron chi connectivity index (χ0n) is 12.7. The van der Waals surface area contributed by atoms with Crippen LogP contribution in [0.1, 0.15) is 21.0 Å². The van der Waals surface area contributed by atoms with Crippen molar-refractivity contribution in [3.05, 3.63) is 63.0 Å². The van der Waals surface area contributed by atoms with Gasteiger partial charge in [-0.05, 0) is 19.1 Å². The topological polar surface area (TPSA) is 46.3 Å². The number of amides is 1. The fourth-order valence-corrected chi connectivity index (χ4v) is 3.49. The summed E-state index contributed by atoms with van der Waals surface area (Å²) in [6, 6.07) is 13.3. The van der Waals surface area contributed by atoms with Gasteiger partial charge in [-0.1, -0.05) is 47.1 Å². The summed E-state index contributed by atoms with van der Waals surface area (Å²) in [6.07, 6.45) is 0. The van der Waals surface area contributed by atoms with Gasteiger partial charge in [0.1, 0.15) is 17.0 Å². The second-order valence-corrected chi connectivity index (χ2v) is 7.00. The van der Waals surface area contributed by atoms with Crippen molar-refractivity contribution < 1.29 is 9.32 Å². The van der Waals surface area contributed by atoms with E-state index in [1.165, 1.54) is 11.3 Å². The fourth-order valence-electron chi connectivity index (χ4n) is 2.35. The highest BCUT2D eigenvalue weighted by Crippen LogP contribution is 2.27. The van der Waals surface area contributed by atoms with E-state index in [9.17, 15) is 4.79 Å². The Kier molecular flexibility index (Phi) is 4.50. The SMILES string of the molecule is Cc1onc(-c2ccccc2)c1C(=O)N(C)Cc1ccc(Cl)s1. The summed E-state index contributed by atoms with van der Waals surface area (Å²) < 4.78 is 5.97. The number of hydrogen-bond acceptors (Lipinski definition) is 4. The Bertz CT molecular complexity index is 826. The first-order chi connectivity index (χ1) is 11.1. The van der Waals surface area contributed by atoms with E-state index in [0.29, 0.717) is 27.9 Å². The van der Waals surface area contributed by atoms with Crippen LogP contribution in [0, 0.1) is 6.92 Å². The number of halogens is 1. The Hall–Kier alpha value is -2.11. The molecule has 2 heterocycles. The maximum absolute atomic E-state index is 12.8. The maximum Gasteiger partial charge on any atom is 0.259 e. The van der Waals surface area contributed by atoms with Crippen LogP contribution in [0.4, 0.5) is 0 Å². The molecule has 0 aliphatic heterocycles. The minimum atomic E-state index is -0.118. The van der Waals surface area contributed by atoms with Crippen molar-refractivity contribution in [2.75, 3.05) is 7.05 Å². The number of benzene rings is 1. The van der Waals surface area contributed by atoms with E-state index in [4.69, 9.17) is 16.1 Å². The molecule has 1 amide bonds. The second-order valence-electron chi connectivity index (χ2n) is 5.20. The van der Waals surface area contributed by atoms with Crippen molar-refractivity contribution in [2.45, 2.75) is 13.5 Å². The molecular weight excluding hydrogens is 332 g/mol. The predicted octanol–water partition coefficient (Wildman–Crippen LogP) is 4.64.